The van der Waals surface area contributed by atoms with Crippen molar-refractivity contribution in [1.82, 2.24) is 5.06 Å². The molecule has 0 radical (unpaired) electrons. The lowest BCUT2D eigenvalue weighted by molar-refractivity contribution is -0.166. The zero-order valence-corrected chi connectivity index (χ0v) is 10.3. The molecule has 7 nitrogen and oxygen atoms in total. The molecular formula is C9H15NO6S. The maximum Gasteiger partial charge on any atom is 0.288 e. The summed E-state index contributed by atoms with van der Waals surface area (Å²) in [7, 11) is -3.95. The fraction of sp³-hybridized carbons (Fsp3) is 0.778. The van der Waals surface area contributed by atoms with Gasteiger partial charge >= 0.3 is 0 Å². The van der Waals surface area contributed by atoms with Crippen LogP contribution in [0, 0.1) is 0 Å². The Morgan fingerprint density at radius 2 is 2.06 bits per heavy atom. The van der Waals surface area contributed by atoms with E-state index >= 15 is 0 Å². The molecule has 1 fully saturated rings. The highest BCUT2D eigenvalue weighted by atomic mass is 32.2. The summed E-state index contributed by atoms with van der Waals surface area (Å²) in [6.07, 6.45) is 0.0115. The van der Waals surface area contributed by atoms with E-state index in [4.69, 9.17) is 5.11 Å². The molecule has 0 aromatic heterocycles. The summed E-state index contributed by atoms with van der Waals surface area (Å²) < 4.78 is 27.2. The van der Waals surface area contributed by atoms with Crippen molar-refractivity contribution in [3.8, 4) is 0 Å². The number of imide groups is 1. The van der Waals surface area contributed by atoms with Gasteiger partial charge < -0.3 is 5.11 Å². The summed E-state index contributed by atoms with van der Waals surface area (Å²) in [5, 5.41) is 9.19. The average molecular weight is 265 g/mol. The van der Waals surface area contributed by atoms with Crippen LogP contribution in [0.2, 0.25) is 0 Å². The molecule has 0 aromatic carbocycles. The smallest absolute Gasteiger partial charge is 0.288 e. The van der Waals surface area contributed by atoms with E-state index in [1.807, 2.05) is 6.92 Å². The van der Waals surface area contributed by atoms with Crippen LogP contribution in [-0.4, -0.2) is 42.3 Å². The lowest BCUT2D eigenvalue weighted by Gasteiger charge is -2.12. The summed E-state index contributed by atoms with van der Waals surface area (Å²) in [6, 6.07) is 0. The minimum absolute atomic E-state index is 0.131. The lowest BCUT2D eigenvalue weighted by atomic mass is 10.3. The van der Waals surface area contributed by atoms with E-state index in [1.54, 1.807) is 0 Å². The van der Waals surface area contributed by atoms with Crippen molar-refractivity contribution < 1.29 is 27.4 Å². The molecule has 1 heterocycles. The third-order valence-electron chi connectivity index (χ3n) is 2.27. The van der Waals surface area contributed by atoms with Crippen molar-refractivity contribution in [2.75, 3.05) is 5.75 Å². The number of unbranched alkanes of at least 4 members (excludes halogenated alkanes) is 2. The first-order valence-corrected chi connectivity index (χ1v) is 6.92. The minimum Gasteiger partial charge on any atom is -0.383 e. The molecule has 1 aliphatic heterocycles. The Morgan fingerprint density at radius 3 is 2.53 bits per heavy atom. The van der Waals surface area contributed by atoms with Crippen LogP contribution in [0.25, 0.3) is 0 Å². The minimum atomic E-state index is -3.95. The molecule has 1 unspecified atom stereocenters. The van der Waals surface area contributed by atoms with Crippen LogP contribution in [-0.2, 0) is 24.0 Å². The van der Waals surface area contributed by atoms with Gasteiger partial charge in [-0.15, -0.1) is 9.35 Å². The summed E-state index contributed by atoms with van der Waals surface area (Å²) in [4.78, 5) is 22.3. The van der Waals surface area contributed by atoms with Gasteiger partial charge in [0.05, 0.1) is 12.2 Å². The maximum atomic E-state index is 11.4. The van der Waals surface area contributed by atoms with E-state index in [0.29, 0.717) is 12.8 Å². The Kier molecular flexibility index (Phi) is 4.61. The van der Waals surface area contributed by atoms with Crippen LogP contribution in [0.5, 0.6) is 0 Å². The van der Waals surface area contributed by atoms with Crippen molar-refractivity contribution in [3.05, 3.63) is 0 Å². The number of carbonyl (C=O) groups excluding carboxylic acids is 2. The van der Waals surface area contributed by atoms with Crippen LogP contribution in [0.3, 0.4) is 0 Å². The van der Waals surface area contributed by atoms with Gasteiger partial charge in [-0.05, 0) is 6.42 Å². The molecule has 0 spiro atoms. The quantitative estimate of drug-likeness (QED) is 0.516. The van der Waals surface area contributed by atoms with Gasteiger partial charge in [0, 0.05) is 0 Å². The Balaban J connectivity index is 2.58. The second-order valence-electron chi connectivity index (χ2n) is 3.79. The number of hydrogen-bond donors (Lipinski definition) is 1. The number of rotatable bonds is 6. The van der Waals surface area contributed by atoms with Gasteiger partial charge in [0.15, 0.2) is 0 Å². The van der Waals surface area contributed by atoms with Crippen molar-refractivity contribution in [2.45, 2.75) is 38.7 Å². The first kappa shape index (κ1) is 14.1. The van der Waals surface area contributed by atoms with Gasteiger partial charge in [-0.2, -0.15) is 8.42 Å². The van der Waals surface area contributed by atoms with Crippen LogP contribution in [0.4, 0.5) is 0 Å². The van der Waals surface area contributed by atoms with E-state index in [1.165, 1.54) is 0 Å². The van der Waals surface area contributed by atoms with Crippen LogP contribution < -0.4 is 0 Å². The molecule has 0 saturated carbocycles. The molecule has 0 aliphatic carbocycles. The summed E-state index contributed by atoms with van der Waals surface area (Å²) in [5.41, 5.74) is 0. The first-order valence-electron chi connectivity index (χ1n) is 5.34. The van der Waals surface area contributed by atoms with Gasteiger partial charge in [0.2, 0.25) is 0 Å². The van der Waals surface area contributed by atoms with E-state index in [0.717, 1.165) is 6.42 Å². The summed E-state index contributed by atoms with van der Waals surface area (Å²) >= 11 is 0. The largest absolute Gasteiger partial charge is 0.383 e. The van der Waals surface area contributed by atoms with E-state index < -0.39 is 34.5 Å². The van der Waals surface area contributed by atoms with Gasteiger partial charge in [0.25, 0.3) is 21.9 Å². The predicted octanol–water partition coefficient (Wildman–Crippen LogP) is -0.442. The molecule has 8 heteroatoms. The highest BCUT2D eigenvalue weighted by molar-refractivity contribution is 7.86. The topological polar surface area (TPSA) is 101 Å². The van der Waals surface area contributed by atoms with Crippen LogP contribution in [0.15, 0.2) is 0 Å². The van der Waals surface area contributed by atoms with Gasteiger partial charge in [-0.25, -0.2) is 0 Å². The van der Waals surface area contributed by atoms with Crippen molar-refractivity contribution in [2.24, 2.45) is 0 Å². The molecule has 1 aliphatic rings. The van der Waals surface area contributed by atoms with Crippen molar-refractivity contribution in [3.63, 3.8) is 0 Å². The SMILES string of the molecule is CCCCCS(=O)(=O)ON1C(=O)CC(O)C1=O. The fourth-order valence-electron chi connectivity index (χ4n) is 1.35. The zero-order valence-electron chi connectivity index (χ0n) is 9.46. The monoisotopic (exact) mass is 265 g/mol. The molecule has 1 atom stereocenters. The van der Waals surface area contributed by atoms with Crippen LogP contribution in [0.1, 0.15) is 32.6 Å². The number of aliphatic hydroxyl groups is 1. The van der Waals surface area contributed by atoms with E-state index in [2.05, 4.69) is 4.28 Å². The summed E-state index contributed by atoms with van der Waals surface area (Å²) in [5.74, 6) is -2.14. The maximum absolute atomic E-state index is 11.4. The van der Waals surface area contributed by atoms with Gasteiger partial charge in [-0.1, -0.05) is 19.8 Å². The number of nitrogens with zero attached hydrogens (tertiary/aromatic N) is 1. The third-order valence-corrected chi connectivity index (χ3v) is 3.43. The Labute approximate surface area is 99.4 Å². The number of hydrogen-bond acceptors (Lipinski definition) is 6. The number of carbonyl (C=O) groups is 2. The first-order chi connectivity index (χ1) is 7.87. The lowest BCUT2D eigenvalue weighted by Crippen LogP contribution is -2.35. The third kappa shape index (κ3) is 3.76. The normalized spacial score (nSPS) is 21.3. The molecule has 1 rings (SSSR count). The van der Waals surface area contributed by atoms with Crippen molar-refractivity contribution >= 4 is 21.9 Å². The van der Waals surface area contributed by atoms with Crippen molar-refractivity contribution in [1.29, 1.82) is 0 Å². The molecule has 0 bridgehead atoms. The number of amides is 2. The highest BCUT2D eigenvalue weighted by Gasteiger charge is 2.41. The van der Waals surface area contributed by atoms with E-state index in [-0.39, 0.29) is 10.8 Å². The van der Waals surface area contributed by atoms with Gasteiger partial charge in [-0.3, -0.25) is 9.59 Å². The van der Waals surface area contributed by atoms with E-state index in [9.17, 15) is 18.0 Å². The predicted molar refractivity (Wildman–Crippen MR) is 56.9 cm³/mol. The second kappa shape index (κ2) is 5.56. The Morgan fingerprint density at radius 1 is 1.41 bits per heavy atom. The second-order valence-corrected chi connectivity index (χ2v) is 5.46. The molecule has 98 valence electrons. The molecule has 2 amide bonds. The Hall–Kier alpha value is -0.990. The molecule has 1 saturated heterocycles. The average Bonchev–Trinajstić information content (AvgIpc) is 2.45. The van der Waals surface area contributed by atoms with Gasteiger partial charge in [0.1, 0.15) is 6.10 Å². The standard InChI is InChI=1S/C9H15NO6S/c1-2-3-4-5-17(14,15)16-10-8(12)6-7(11)9(10)13/h7,11H,2-6H2,1H3. The number of aliphatic hydroxyl groups excluding tert-OH is 1. The molecular weight excluding hydrogens is 250 g/mol. The molecule has 1 N–H and O–H groups in total. The molecule has 17 heavy (non-hydrogen) atoms. The Bertz CT molecular complexity index is 404. The number of hydroxylamine groups is 2. The fourth-order valence-corrected chi connectivity index (χ4v) is 2.37. The molecule has 0 aromatic rings. The zero-order chi connectivity index (χ0) is 13.1. The highest BCUT2D eigenvalue weighted by Crippen LogP contribution is 2.16. The summed E-state index contributed by atoms with van der Waals surface area (Å²) in [6.45, 7) is 1.91. The van der Waals surface area contributed by atoms with Crippen LogP contribution >= 0.6 is 0 Å².